The number of hydrogen-bond acceptors (Lipinski definition) is 3. The van der Waals surface area contributed by atoms with Gasteiger partial charge in [-0.15, -0.1) is 0 Å². The minimum absolute atomic E-state index is 0.0616. The number of nitrogens with zero attached hydrogens (tertiary/aromatic N) is 1. The summed E-state index contributed by atoms with van der Waals surface area (Å²) >= 11 is 0. The van der Waals surface area contributed by atoms with Gasteiger partial charge in [0.1, 0.15) is 5.69 Å². The van der Waals surface area contributed by atoms with Gasteiger partial charge in [0, 0.05) is 11.1 Å². The molecule has 0 aliphatic carbocycles. The van der Waals surface area contributed by atoms with Crippen LogP contribution in [-0.2, 0) is 6.42 Å². The zero-order valence-corrected chi connectivity index (χ0v) is 12.0. The summed E-state index contributed by atoms with van der Waals surface area (Å²) in [6, 6.07) is 8.09. The van der Waals surface area contributed by atoms with Gasteiger partial charge in [0.2, 0.25) is 5.76 Å². The summed E-state index contributed by atoms with van der Waals surface area (Å²) in [5.41, 5.74) is 3.44. The molecule has 106 valence electrons. The fourth-order valence-electron chi connectivity index (χ4n) is 2.24. The van der Waals surface area contributed by atoms with Crippen LogP contribution in [0.5, 0.6) is 0 Å². The molecule has 20 heavy (non-hydrogen) atoms. The molecule has 1 N–H and O–H groups in total. The van der Waals surface area contributed by atoms with Crippen molar-refractivity contribution in [1.29, 1.82) is 0 Å². The van der Waals surface area contributed by atoms with E-state index in [0.29, 0.717) is 23.6 Å². The van der Waals surface area contributed by atoms with Gasteiger partial charge in [0.25, 0.3) is 0 Å². The maximum Gasteiger partial charge on any atom is 0.375 e. The quantitative estimate of drug-likeness (QED) is 0.890. The Morgan fingerprint density at radius 1 is 1.30 bits per heavy atom. The van der Waals surface area contributed by atoms with E-state index in [1.165, 1.54) is 5.56 Å². The van der Waals surface area contributed by atoms with Gasteiger partial charge in [-0.25, -0.2) is 4.79 Å². The van der Waals surface area contributed by atoms with Crippen molar-refractivity contribution in [3.05, 3.63) is 41.2 Å². The predicted molar refractivity (Wildman–Crippen MR) is 77.0 cm³/mol. The van der Waals surface area contributed by atoms with Crippen LogP contribution in [0.15, 0.2) is 28.8 Å². The first-order chi connectivity index (χ1) is 9.58. The van der Waals surface area contributed by atoms with Crippen LogP contribution >= 0.6 is 0 Å². The third-order valence-corrected chi connectivity index (χ3v) is 3.70. The molecule has 0 spiro atoms. The summed E-state index contributed by atoms with van der Waals surface area (Å²) in [6.45, 7) is 6.24. The molecule has 1 unspecified atom stereocenters. The molecule has 0 saturated heterocycles. The van der Waals surface area contributed by atoms with Crippen LogP contribution in [0.1, 0.15) is 54.8 Å². The Hall–Kier alpha value is -2.10. The number of aromatic carboxylic acids is 1. The lowest BCUT2D eigenvalue weighted by atomic mass is 9.96. The Morgan fingerprint density at radius 2 is 1.95 bits per heavy atom. The first-order valence-corrected chi connectivity index (χ1v) is 6.90. The zero-order valence-electron chi connectivity index (χ0n) is 12.0. The van der Waals surface area contributed by atoms with E-state index in [1.54, 1.807) is 0 Å². The highest BCUT2D eigenvalue weighted by Crippen LogP contribution is 2.28. The van der Waals surface area contributed by atoms with Gasteiger partial charge in [-0.05, 0) is 24.3 Å². The van der Waals surface area contributed by atoms with E-state index in [9.17, 15) is 4.79 Å². The van der Waals surface area contributed by atoms with Gasteiger partial charge in [-0.3, -0.25) is 0 Å². The number of hydrogen-bond donors (Lipinski definition) is 1. The standard InChI is InChI=1S/C16H19NO3/c1-4-10(3)11-6-8-12(9-7-11)14-13(5-2)15(16(18)19)20-17-14/h6-10H,4-5H2,1-3H3,(H,18,19). The van der Waals surface area contributed by atoms with Crippen LogP contribution in [-0.4, -0.2) is 16.2 Å². The van der Waals surface area contributed by atoms with Gasteiger partial charge >= 0.3 is 5.97 Å². The van der Waals surface area contributed by atoms with Crippen molar-refractivity contribution >= 4 is 5.97 Å². The van der Waals surface area contributed by atoms with E-state index in [0.717, 1.165) is 12.0 Å². The van der Waals surface area contributed by atoms with Gasteiger partial charge in [-0.2, -0.15) is 0 Å². The topological polar surface area (TPSA) is 63.3 Å². The minimum atomic E-state index is -1.07. The van der Waals surface area contributed by atoms with E-state index in [1.807, 2.05) is 19.1 Å². The Kier molecular flexibility index (Phi) is 4.23. The van der Waals surface area contributed by atoms with Crippen molar-refractivity contribution in [2.75, 3.05) is 0 Å². The molecule has 1 aromatic heterocycles. The third kappa shape index (κ3) is 2.59. The van der Waals surface area contributed by atoms with Crippen molar-refractivity contribution in [2.45, 2.75) is 39.5 Å². The maximum atomic E-state index is 11.1. The molecule has 4 nitrogen and oxygen atoms in total. The average Bonchev–Trinajstić information content (AvgIpc) is 2.90. The van der Waals surface area contributed by atoms with Crippen molar-refractivity contribution in [3.63, 3.8) is 0 Å². The highest BCUT2D eigenvalue weighted by molar-refractivity contribution is 5.88. The van der Waals surface area contributed by atoms with Crippen molar-refractivity contribution in [3.8, 4) is 11.3 Å². The average molecular weight is 273 g/mol. The predicted octanol–water partition coefficient (Wildman–Crippen LogP) is 4.12. The summed E-state index contributed by atoms with van der Waals surface area (Å²) in [5.74, 6) is -0.619. The summed E-state index contributed by atoms with van der Waals surface area (Å²) in [4.78, 5) is 11.1. The molecule has 0 amide bonds. The van der Waals surface area contributed by atoms with Crippen molar-refractivity contribution in [1.82, 2.24) is 5.16 Å². The Balaban J connectivity index is 2.39. The normalized spacial score (nSPS) is 12.3. The monoisotopic (exact) mass is 273 g/mol. The Bertz CT molecular complexity index is 599. The first kappa shape index (κ1) is 14.3. The second kappa shape index (κ2) is 5.90. The molecule has 1 heterocycles. The van der Waals surface area contributed by atoms with Crippen LogP contribution in [0.2, 0.25) is 0 Å². The van der Waals surface area contributed by atoms with Gasteiger partial charge in [0.05, 0.1) is 0 Å². The van der Waals surface area contributed by atoms with Crippen LogP contribution in [0, 0.1) is 0 Å². The zero-order chi connectivity index (χ0) is 14.7. The Labute approximate surface area is 118 Å². The molecule has 0 fully saturated rings. The number of carboxylic acids is 1. The van der Waals surface area contributed by atoms with Crippen molar-refractivity contribution < 1.29 is 14.4 Å². The lowest BCUT2D eigenvalue weighted by Crippen LogP contribution is -1.98. The first-order valence-electron chi connectivity index (χ1n) is 6.90. The smallest absolute Gasteiger partial charge is 0.375 e. The molecule has 1 atom stereocenters. The third-order valence-electron chi connectivity index (χ3n) is 3.70. The molecular weight excluding hydrogens is 254 g/mol. The fourth-order valence-corrected chi connectivity index (χ4v) is 2.24. The van der Waals surface area contributed by atoms with E-state index in [2.05, 4.69) is 31.1 Å². The van der Waals surface area contributed by atoms with Crippen LogP contribution in [0.4, 0.5) is 0 Å². The minimum Gasteiger partial charge on any atom is -0.475 e. The molecular formula is C16H19NO3. The molecule has 0 saturated carbocycles. The number of benzene rings is 1. The van der Waals surface area contributed by atoms with Crippen LogP contribution in [0.25, 0.3) is 11.3 Å². The van der Waals surface area contributed by atoms with E-state index >= 15 is 0 Å². The second-order valence-corrected chi connectivity index (χ2v) is 4.93. The lowest BCUT2D eigenvalue weighted by Gasteiger charge is -2.09. The summed E-state index contributed by atoms with van der Waals surface area (Å²) in [6.07, 6.45) is 1.67. The van der Waals surface area contributed by atoms with Gasteiger partial charge in [-0.1, -0.05) is 50.2 Å². The summed E-state index contributed by atoms with van der Waals surface area (Å²) in [5, 5.41) is 13.0. The maximum absolute atomic E-state index is 11.1. The largest absolute Gasteiger partial charge is 0.475 e. The molecule has 0 bridgehead atoms. The molecule has 4 heteroatoms. The molecule has 2 aromatic rings. The van der Waals surface area contributed by atoms with Gasteiger partial charge in [0.15, 0.2) is 0 Å². The van der Waals surface area contributed by atoms with E-state index in [-0.39, 0.29) is 5.76 Å². The SMILES string of the molecule is CCc1c(-c2ccc(C(C)CC)cc2)noc1C(=O)O. The fraction of sp³-hybridized carbons (Fsp3) is 0.375. The molecule has 0 aliphatic heterocycles. The van der Waals surface area contributed by atoms with E-state index in [4.69, 9.17) is 9.63 Å². The van der Waals surface area contributed by atoms with Gasteiger partial charge < -0.3 is 9.63 Å². The molecule has 1 aromatic carbocycles. The molecule has 0 radical (unpaired) electrons. The highest BCUT2D eigenvalue weighted by atomic mass is 16.5. The number of carbonyl (C=O) groups is 1. The number of rotatable bonds is 5. The highest BCUT2D eigenvalue weighted by Gasteiger charge is 2.21. The van der Waals surface area contributed by atoms with Crippen LogP contribution in [0.3, 0.4) is 0 Å². The number of carboxylic acid groups (broad SMARTS) is 1. The molecule has 2 rings (SSSR count). The van der Waals surface area contributed by atoms with Crippen molar-refractivity contribution in [2.24, 2.45) is 0 Å². The van der Waals surface area contributed by atoms with E-state index < -0.39 is 5.97 Å². The Morgan fingerprint density at radius 3 is 2.45 bits per heavy atom. The number of aromatic nitrogens is 1. The lowest BCUT2D eigenvalue weighted by molar-refractivity contribution is 0.0650. The summed E-state index contributed by atoms with van der Waals surface area (Å²) < 4.78 is 4.95. The second-order valence-electron chi connectivity index (χ2n) is 4.93. The molecule has 0 aliphatic rings. The summed E-state index contributed by atoms with van der Waals surface area (Å²) in [7, 11) is 0. The van der Waals surface area contributed by atoms with Crippen LogP contribution < -0.4 is 0 Å².